The largest absolute Gasteiger partial charge is 0.516 e. The van der Waals surface area contributed by atoms with Crippen LogP contribution in [-0.4, -0.2) is 76.3 Å². The maximum absolute atomic E-state index is 13.7. The average Bonchev–Trinajstić information content (AvgIpc) is 3.41. The van der Waals surface area contributed by atoms with Crippen molar-refractivity contribution in [2.45, 2.75) is 64.6 Å². The number of fused-ring (bicyclic) bond motifs is 1. The molecule has 1 atom stereocenters. The van der Waals surface area contributed by atoms with Gasteiger partial charge in [-0.05, 0) is 64.3 Å². The van der Waals surface area contributed by atoms with Gasteiger partial charge in [-0.1, -0.05) is 42.5 Å². The summed E-state index contributed by atoms with van der Waals surface area (Å²) in [5.74, 6) is -0.444. The van der Waals surface area contributed by atoms with Crippen LogP contribution < -0.4 is 5.59 Å². The van der Waals surface area contributed by atoms with Crippen molar-refractivity contribution in [1.29, 1.82) is 0 Å². The Morgan fingerprint density at radius 3 is 2.35 bits per heavy atom. The summed E-state index contributed by atoms with van der Waals surface area (Å²) in [4.78, 5) is 23.9. The fraction of sp³-hybridized carbons (Fsp3) is 0.387. The van der Waals surface area contributed by atoms with Crippen molar-refractivity contribution in [3.8, 4) is 11.1 Å². The Morgan fingerprint density at radius 2 is 1.74 bits per heavy atom. The highest BCUT2D eigenvalue weighted by atomic mass is 32.2. The minimum atomic E-state index is -3.88. The Balaban J connectivity index is 1.62. The van der Waals surface area contributed by atoms with Crippen molar-refractivity contribution >= 4 is 39.8 Å². The molecule has 43 heavy (non-hydrogen) atoms. The topological polar surface area (TPSA) is 124 Å². The number of aliphatic hydroxyl groups is 1. The zero-order valence-electron chi connectivity index (χ0n) is 25.5. The monoisotopic (exact) mass is 604 g/mol. The van der Waals surface area contributed by atoms with Crippen LogP contribution in [0.1, 0.15) is 56.1 Å². The average molecular weight is 605 g/mol. The number of carbonyl (C=O) groups excluding carboxylic acids is 1. The summed E-state index contributed by atoms with van der Waals surface area (Å²) in [5, 5.41) is 9.72. The van der Waals surface area contributed by atoms with E-state index in [0.717, 1.165) is 0 Å². The number of carbonyl (C=O) groups is 1. The lowest BCUT2D eigenvalue weighted by Crippen LogP contribution is -2.41. The highest BCUT2D eigenvalue weighted by molar-refractivity contribution is 7.89. The van der Waals surface area contributed by atoms with Crippen molar-refractivity contribution in [2.75, 3.05) is 13.6 Å². The highest BCUT2D eigenvalue weighted by Gasteiger charge is 2.52. The number of hydrogen-bond donors (Lipinski definition) is 1. The smallest absolute Gasteiger partial charge is 0.398 e. The van der Waals surface area contributed by atoms with Gasteiger partial charge in [0.2, 0.25) is 10.0 Å². The molecule has 0 aliphatic carbocycles. The molecule has 0 unspecified atom stereocenters. The van der Waals surface area contributed by atoms with Crippen LogP contribution in [0.15, 0.2) is 60.9 Å². The second-order valence-corrected chi connectivity index (χ2v) is 14.0. The van der Waals surface area contributed by atoms with Gasteiger partial charge in [0, 0.05) is 37.1 Å². The van der Waals surface area contributed by atoms with Gasteiger partial charge in [-0.3, -0.25) is 9.78 Å². The standard InChI is InChI=1S/C31H37BN4O6S/c1-20-15-23(13-14-24(20)29(38)35(7)17-21(2)37)25-18-36(43(39,40)19-22-11-9-8-10-12-22)28-27(25)34-26(16-33-28)32-41-30(3,4)31(5,6)42-32/h8-16,18,21,37H,17,19H2,1-7H3/t21-/m1/s1. The van der Waals surface area contributed by atoms with Crippen LogP contribution in [0.2, 0.25) is 0 Å². The summed E-state index contributed by atoms with van der Waals surface area (Å²) < 4.78 is 41.0. The molecule has 10 nitrogen and oxygen atoms in total. The summed E-state index contributed by atoms with van der Waals surface area (Å²) in [5.41, 5.74) is 2.82. The first kappa shape index (κ1) is 30.9. The molecule has 4 aromatic rings. The van der Waals surface area contributed by atoms with Gasteiger partial charge in [0.05, 0.1) is 28.7 Å². The summed E-state index contributed by atoms with van der Waals surface area (Å²) in [6, 6.07) is 14.3. The number of benzene rings is 2. The van der Waals surface area contributed by atoms with E-state index in [4.69, 9.17) is 14.3 Å². The third-order valence-electron chi connectivity index (χ3n) is 8.12. The van der Waals surface area contributed by atoms with Crippen LogP contribution in [0.5, 0.6) is 0 Å². The van der Waals surface area contributed by atoms with Crippen molar-refractivity contribution in [2.24, 2.45) is 0 Å². The third kappa shape index (κ3) is 5.97. The molecular formula is C31H37BN4O6S. The van der Waals surface area contributed by atoms with Crippen LogP contribution in [0, 0.1) is 6.92 Å². The Labute approximate surface area is 252 Å². The molecule has 2 aromatic heterocycles. The fourth-order valence-electron chi connectivity index (χ4n) is 5.09. The second-order valence-electron chi connectivity index (χ2n) is 12.2. The Kier molecular flexibility index (Phi) is 8.02. The van der Waals surface area contributed by atoms with Crippen LogP contribution in [0.3, 0.4) is 0 Å². The van der Waals surface area contributed by atoms with Crippen LogP contribution in [0.4, 0.5) is 0 Å². The van der Waals surface area contributed by atoms with Gasteiger partial charge in [-0.25, -0.2) is 17.4 Å². The fourth-order valence-corrected chi connectivity index (χ4v) is 6.50. The van der Waals surface area contributed by atoms with Crippen molar-refractivity contribution in [3.63, 3.8) is 0 Å². The van der Waals surface area contributed by atoms with E-state index in [-0.39, 0.29) is 23.9 Å². The number of rotatable bonds is 8. The van der Waals surface area contributed by atoms with Crippen molar-refractivity contribution < 1.29 is 27.6 Å². The lowest BCUT2D eigenvalue weighted by molar-refractivity contribution is 0.00578. The van der Waals surface area contributed by atoms with Crippen molar-refractivity contribution in [3.05, 3.63) is 77.6 Å². The molecule has 5 rings (SSSR count). The first-order valence-corrected chi connectivity index (χ1v) is 15.8. The number of nitrogens with zero attached hydrogens (tertiary/aromatic N) is 4. The third-order valence-corrected chi connectivity index (χ3v) is 9.70. The highest BCUT2D eigenvalue weighted by Crippen LogP contribution is 2.37. The molecule has 1 fully saturated rings. The van der Waals surface area contributed by atoms with E-state index in [1.165, 1.54) is 21.3 Å². The number of aromatic nitrogens is 3. The SMILES string of the molecule is Cc1cc(-c2cn(S(=O)(=O)Cc3ccccc3)c3ncc(B4OC(C)(C)C(C)(C)O4)nc23)ccc1C(=O)N(C)C[C@@H](C)O. The summed E-state index contributed by atoms with van der Waals surface area (Å²) in [6.07, 6.45) is 2.37. The summed E-state index contributed by atoms with van der Waals surface area (Å²) in [7, 11) is -3.03. The maximum atomic E-state index is 13.7. The number of likely N-dealkylation sites (N-methyl/N-ethyl adjacent to an activating group) is 1. The van der Waals surface area contributed by atoms with Gasteiger partial charge in [0.1, 0.15) is 5.52 Å². The molecule has 12 heteroatoms. The minimum Gasteiger partial charge on any atom is -0.398 e. The maximum Gasteiger partial charge on any atom is 0.516 e. The number of aliphatic hydroxyl groups excluding tert-OH is 1. The van der Waals surface area contributed by atoms with Crippen molar-refractivity contribution in [1.82, 2.24) is 18.8 Å². The molecule has 1 aliphatic rings. The molecule has 0 bridgehead atoms. The molecule has 0 radical (unpaired) electrons. The van der Waals surface area contributed by atoms with E-state index >= 15 is 0 Å². The first-order chi connectivity index (χ1) is 20.1. The van der Waals surface area contributed by atoms with Gasteiger partial charge < -0.3 is 19.3 Å². The molecule has 1 aliphatic heterocycles. The molecule has 3 heterocycles. The predicted molar refractivity (Wildman–Crippen MR) is 167 cm³/mol. The molecule has 1 amide bonds. The van der Waals surface area contributed by atoms with Gasteiger partial charge in [-0.15, -0.1) is 0 Å². The summed E-state index contributed by atoms with van der Waals surface area (Å²) >= 11 is 0. The zero-order valence-corrected chi connectivity index (χ0v) is 26.3. The number of hydrogen-bond acceptors (Lipinski definition) is 8. The molecular weight excluding hydrogens is 567 g/mol. The molecule has 226 valence electrons. The van der Waals surface area contributed by atoms with E-state index in [1.54, 1.807) is 50.4 Å². The lowest BCUT2D eigenvalue weighted by Gasteiger charge is -2.32. The molecule has 0 saturated carbocycles. The molecule has 0 spiro atoms. The van der Waals surface area contributed by atoms with E-state index in [2.05, 4.69) is 4.98 Å². The van der Waals surface area contributed by atoms with Gasteiger partial charge >= 0.3 is 7.12 Å². The lowest BCUT2D eigenvalue weighted by atomic mass is 9.85. The second kappa shape index (κ2) is 11.2. The number of aryl methyl sites for hydroxylation is 1. The van der Waals surface area contributed by atoms with E-state index in [1.807, 2.05) is 46.8 Å². The Bertz CT molecular complexity index is 1770. The quantitative estimate of drug-likeness (QED) is 0.303. The minimum absolute atomic E-state index is 0.181. The van der Waals surface area contributed by atoms with E-state index in [9.17, 15) is 18.3 Å². The number of amides is 1. The first-order valence-electron chi connectivity index (χ1n) is 14.1. The van der Waals surface area contributed by atoms with Gasteiger partial charge in [-0.2, -0.15) is 0 Å². The normalized spacial score (nSPS) is 16.9. The van der Waals surface area contributed by atoms with Gasteiger partial charge in [0.15, 0.2) is 5.65 Å². The van der Waals surface area contributed by atoms with Crippen LogP contribution in [0.25, 0.3) is 22.3 Å². The Hall–Kier alpha value is -3.58. The van der Waals surface area contributed by atoms with Gasteiger partial charge in [0.25, 0.3) is 5.91 Å². The van der Waals surface area contributed by atoms with Crippen LogP contribution in [-0.2, 0) is 25.1 Å². The predicted octanol–water partition coefficient (Wildman–Crippen LogP) is 3.54. The molecule has 1 saturated heterocycles. The zero-order chi connectivity index (χ0) is 31.3. The van der Waals surface area contributed by atoms with E-state index < -0.39 is 34.4 Å². The molecule has 2 aromatic carbocycles. The molecule has 1 N–H and O–H groups in total. The van der Waals surface area contributed by atoms with Crippen LogP contribution >= 0.6 is 0 Å². The Morgan fingerprint density at radius 1 is 1.09 bits per heavy atom. The van der Waals surface area contributed by atoms with E-state index in [0.29, 0.717) is 38.9 Å². The summed E-state index contributed by atoms with van der Waals surface area (Å²) in [6.45, 7) is 11.4.